The maximum Gasteiger partial charge on any atom is 0.410 e. The molecular weight excluding hydrogens is 320 g/mol. The zero-order chi connectivity index (χ0) is 18.3. The SMILES string of the molecule is CC(C)(C)OC(=O)N1CCCC[C@H]1CCCOCC(=O)c1ccc[nH]1. The second-order valence-corrected chi connectivity index (χ2v) is 7.53. The lowest BCUT2D eigenvalue weighted by molar-refractivity contribution is 0.00759. The highest BCUT2D eigenvalue weighted by molar-refractivity contribution is 5.95. The molecule has 1 aliphatic heterocycles. The first-order chi connectivity index (χ1) is 11.9. The molecule has 0 spiro atoms. The molecule has 0 aliphatic carbocycles. The van der Waals surface area contributed by atoms with Crippen molar-refractivity contribution >= 4 is 11.9 Å². The van der Waals surface area contributed by atoms with Crippen molar-refractivity contribution in [3.63, 3.8) is 0 Å². The molecule has 0 aromatic carbocycles. The Balaban J connectivity index is 1.70. The minimum Gasteiger partial charge on any atom is -0.444 e. The topological polar surface area (TPSA) is 71.6 Å². The number of carbonyl (C=O) groups excluding carboxylic acids is 2. The van der Waals surface area contributed by atoms with Gasteiger partial charge in [-0.15, -0.1) is 0 Å². The standard InChI is InChI=1S/C19H30N2O4/c1-19(2,3)25-18(23)21-12-5-4-8-15(21)9-7-13-24-14-17(22)16-10-6-11-20-16/h6,10-11,15,20H,4-5,7-9,12-14H2,1-3H3/t15-/m0/s1. The van der Waals surface area contributed by atoms with E-state index in [4.69, 9.17) is 9.47 Å². The number of aromatic nitrogens is 1. The van der Waals surface area contributed by atoms with E-state index in [1.807, 2.05) is 25.7 Å². The number of Topliss-reactive ketones (excluding diaryl/α,β-unsaturated/α-hetero) is 1. The van der Waals surface area contributed by atoms with Crippen LogP contribution in [0.4, 0.5) is 4.79 Å². The van der Waals surface area contributed by atoms with Crippen molar-refractivity contribution in [2.75, 3.05) is 19.8 Å². The quantitative estimate of drug-likeness (QED) is 0.600. The molecule has 2 heterocycles. The van der Waals surface area contributed by atoms with Crippen LogP contribution in [0.25, 0.3) is 0 Å². The van der Waals surface area contributed by atoms with Gasteiger partial charge in [0.2, 0.25) is 5.78 Å². The lowest BCUT2D eigenvalue weighted by atomic mass is 9.98. The fourth-order valence-electron chi connectivity index (χ4n) is 3.03. The molecule has 0 unspecified atom stereocenters. The lowest BCUT2D eigenvalue weighted by Gasteiger charge is -2.36. The number of amides is 1. The van der Waals surface area contributed by atoms with Crippen molar-refractivity contribution in [3.05, 3.63) is 24.0 Å². The summed E-state index contributed by atoms with van der Waals surface area (Å²) in [5.74, 6) is -0.0435. The van der Waals surface area contributed by atoms with E-state index in [0.717, 1.165) is 38.6 Å². The average molecular weight is 350 g/mol. The van der Waals surface area contributed by atoms with Crippen molar-refractivity contribution < 1.29 is 19.1 Å². The minimum atomic E-state index is -0.472. The van der Waals surface area contributed by atoms with Gasteiger partial charge in [-0.05, 0) is 65.0 Å². The first-order valence-electron chi connectivity index (χ1n) is 9.11. The van der Waals surface area contributed by atoms with Gasteiger partial charge in [-0.3, -0.25) is 4.79 Å². The number of nitrogens with one attached hydrogen (secondary N) is 1. The molecular formula is C19H30N2O4. The largest absolute Gasteiger partial charge is 0.444 e. The Kier molecular flexibility index (Phi) is 7.05. The maximum atomic E-state index is 12.4. The van der Waals surface area contributed by atoms with Crippen LogP contribution in [-0.2, 0) is 9.47 Å². The Bertz CT molecular complexity index is 548. The third-order valence-electron chi connectivity index (χ3n) is 4.21. The number of rotatable bonds is 7. The van der Waals surface area contributed by atoms with Gasteiger partial charge in [0, 0.05) is 25.4 Å². The predicted molar refractivity (Wildman–Crippen MR) is 95.8 cm³/mol. The summed E-state index contributed by atoms with van der Waals surface area (Å²) in [6.45, 7) is 7.02. The summed E-state index contributed by atoms with van der Waals surface area (Å²) in [6.07, 6.45) is 6.35. The molecule has 140 valence electrons. The number of piperidine rings is 1. The summed E-state index contributed by atoms with van der Waals surface area (Å²) < 4.78 is 11.0. The molecule has 6 nitrogen and oxygen atoms in total. The fraction of sp³-hybridized carbons (Fsp3) is 0.684. The van der Waals surface area contributed by atoms with Gasteiger partial charge in [0.25, 0.3) is 0 Å². The first-order valence-corrected chi connectivity index (χ1v) is 9.11. The van der Waals surface area contributed by atoms with Crippen LogP contribution in [0.1, 0.15) is 63.4 Å². The Morgan fingerprint density at radius 1 is 1.32 bits per heavy atom. The minimum absolute atomic E-state index is 0.0435. The van der Waals surface area contributed by atoms with Crippen LogP contribution in [0.3, 0.4) is 0 Å². The van der Waals surface area contributed by atoms with Crippen LogP contribution >= 0.6 is 0 Å². The van der Waals surface area contributed by atoms with E-state index in [9.17, 15) is 9.59 Å². The number of ether oxygens (including phenoxy) is 2. The van der Waals surface area contributed by atoms with E-state index in [1.54, 1.807) is 18.3 Å². The van der Waals surface area contributed by atoms with Crippen LogP contribution < -0.4 is 0 Å². The van der Waals surface area contributed by atoms with Crippen LogP contribution in [0, 0.1) is 0 Å². The molecule has 1 atom stereocenters. The van der Waals surface area contributed by atoms with E-state index >= 15 is 0 Å². The molecule has 0 saturated carbocycles. The van der Waals surface area contributed by atoms with Crippen molar-refractivity contribution in [1.82, 2.24) is 9.88 Å². The van der Waals surface area contributed by atoms with Gasteiger partial charge in [0.1, 0.15) is 12.2 Å². The molecule has 0 bridgehead atoms. The van der Waals surface area contributed by atoms with Gasteiger partial charge in [-0.25, -0.2) is 4.79 Å². The summed E-state index contributed by atoms with van der Waals surface area (Å²) in [5.41, 5.74) is 0.101. The van der Waals surface area contributed by atoms with Gasteiger partial charge < -0.3 is 19.4 Å². The number of nitrogens with zero attached hydrogens (tertiary/aromatic N) is 1. The van der Waals surface area contributed by atoms with Gasteiger partial charge in [-0.1, -0.05) is 0 Å². The highest BCUT2D eigenvalue weighted by Gasteiger charge is 2.29. The Labute approximate surface area is 149 Å². The number of hydrogen-bond acceptors (Lipinski definition) is 4. The number of carbonyl (C=O) groups is 2. The third-order valence-corrected chi connectivity index (χ3v) is 4.21. The second kappa shape index (κ2) is 9.04. The van der Waals surface area contributed by atoms with Crippen LogP contribution in [0.2, 0.25) is 0 Å². The summed E-state index contributed by atoms with van der Waals surface area (Å²) in [5, 5.41) is 0. The van der Waals surface area contributed by atoms with Crippen LogP contribution in [-0.4, -0.2) is 53.2 Å². The zero-order valence-electron chi connectivity index (χ0n) is 15.5. The Morgan fingerprint density at radius 2 is 2.12 bits per heavy atom. The van der Waals surface area contributed by atoms with Gasteiger partial charge in [-0.2, -0.15) is 0 Å². The van der Waals surface area contributed by atoms with E-state index in [1.165, 1.54) is 0 Å². The number of likely N-dealkylation sites (tertiary alicyclic amines) is 1. The molecule has 1 aliphatic rings. The fourth-order valence-corrected chi connectivity index (χ4v) is 3.03. The van der Waals surface area contributed by atoms with Crippen LogP contribution in [0.15, 0.2) is 18.3 Å². The van der Waals surface area contributed by atoms with E-state index < -0.39 is 5.60 Å². The molecule has 1 saturated heterocycles. The Hall–Kier alpha value is -1.82. The highest BCUT2D eigenvalue weighted by Crippen LogP contribution is 2.23. The number of H-pyrrole nitrogens is 1. The van der Waals surface area contributed by atoms with E-state index in [-0.39, 0.29) is 24.5 Å². The number of ketones is 1. The molecule has 2 rings (SSSR count). The average Bonchev–Trinajstić information content (AvgIpc) is 3.07. The van der Waals surface area contributed by atoms with Gasteiger partial charge in [0.05, 0.1) is 5.69 Å². The van der Waals surface area contributed by atoms with Gasteiger partial charge >= 0.3 is 6.09 Å². The first kappa shape index (κ1) is 19.5. The number of hydrogen-bond donors (Lipinski definition) is 1. The maximum absolute atomic E-state index is 12.4. The molecule has 6 heteroatoms. The predicted octanol–water partition coefficient (Wildman–Crippen LogP) is 3.78. The highest BCUT2D eigenvalue weighted by atomic mass is 16.6. The Morgan fingerprint density at radius 3 is 2.80 bits per heavy atom. The molecule has 1 aromatic rings. The van der Waals surface area contributed by atoms with Crippen LogP contribution in [0.5, 0.6) is 0 Å². The van der Waals surface area contributed by atoms with Crippen molar-refractivity contribution in [2.24, 2.45) is 0 Å². The summed E-state index contributed by atoms with van der Waals surface area (Å²) in [7, 11) is 0. The smallest absolute Gasteiger partial charge is 0.410 e. The molecule has 1 aromatic heterocycles. The third kappa shape index (κ3) is 6.53. The van der Waals surface area contributed by atoms with Gasteiger partial charge in [0.15, 0.2) is 0 Å². The molecule has 0 radical (unpaired) electrons. The van der Waals surface area contributed by atoms with Crippen molar-refractivity contribution in [1.29, 1.82) is 0 Å². The van der Waals surface area contributed by atoms with E-state index in [2.05, 4.69) is 4.98 Å². The second-order valence-electron chi connectivity index (χ2n) is 7.53. The van der Waals surface area contributed by atoms with Crippen molar-refractivity contribution in [3.8, 4) is 0 Å². The molecule has 1 amide bonds. The normalized spacial score (nSPS) is 18.2. The summed E-state index contributed by atoms with van der Waals surface area (Å²) in [4.78, 5) is 28.9. The monoisotopic (exact) mass is 350 g/mol. The molecule has 25 heavy (non-hydrogen) atoms. The summed E-state index contributed by atoms with van der Waals surface area (Å²) >= 11 is 0. The molecule has 1 N–H and O–H groups in total. The molecule has 1 fully saturated rings. The zero-order valence-corrected chi connectivity index (χ0v) is 15.5. The van der Waals surface area contributed by atoms with Crippen molar-refractivity contribution in [2.45, 2.75) is 64.5 Å². The number of aromatic amines is 1. The van der Waals surface area contributed by atoms with E-state index in [0.29, 0.717) is 12.3 Å². The summed E-state index contributed by atoms with van der Waals surface area (Å²) in [6, 6.07) is 3.74. The lowest BCUT2D eigenvalue weighted by Crippen LogP contribution is -2.46.